The van der Waals surface area contributed by atoms with Crippen molar-refractivity contribution >= 4 is 66.0 Å². The Kier molecular flexibility index (Phi) is 3.37. The highest BCUT2D eigenvalue weighted by Crippen LogP contribution is 2.38. The number of nitrogens with one attached hydrogen (secondary N) is 1. The Morgan fingerprint density at radius 3 is 2.68 bits per heavy atom. The van der Waals surface area contributed by atoms with Gasteiger partial charge in [-0.25, -0.2) is 0 Å². The summed E-state index contributed by atoms with van der Waals surface area (Å²) in [6.45, 7) is 0. The van der Waals surface area contributed by atoms with E-state index < -0.39 is 0 Å². The number of rotatable bonds is 2. The van der Waals surface area contributed by atoms with Gasteiger partial charge in [-0.05, 0) is 34.4 Å². The molecule has 4 aromatic rings. The molecule has 2 aromatic heterocycles. The zero-order valence-corrected chi connectivity index (χ0v) is 13.7. The van der Waals surface area contributed by atoms with Crippen molar-refractivity contribution in [2.24, 2.45) is 0 Å². The molecule has 0 aliphatic heterocycles. The van der Waals surface area contributed by atoms with Crippen LogP contribution in [0, 0.1) is 0 Å². The molecule has 0 atom stereocenters. The number of anilines is 1. The van der Waals surface area contributed by atoms with Gasteiger partial charge in [0.2, 0.25) is 0 Å². The summed E-state index contributed by atoms with van der Waals surface area (Å²) >= 11 is 9.35. The lowest BCUT2D eigenvalue weighted by atomic mass is 10.1. The number of carbonyl (C=O) groups excluding carboxylic acids is 1. The molecule has 0 fully saturated rings. The van der Waals surface area contributed by atoms with Gasteiger partial charge in [-0.15, -0.1) is 22.7 Å². The maximum absolute atomic E-state index is 12.5. The first kappa shape index (κ1) is 13.8. The van der Waals surface area contributed by atoms with E-state index in [2.05, 4.69) is 5.32 Å². The van der Waals surface area contributed by atoms with Crippen molar-refractivity contribution in [3.8, 4) is 0 Å². The van der Waals surface area contributed by atoms with Gasteiger partial charge in [0.25, 0.3) is 5.91 Å². The second kappa shape index (κ2) is 5.39. The number of hydrogen-bond acceptors (Lipinski definition) is 3. The molecule has 0 bridgehead atoms. The molecule has 2 aromatic carbocycles. The quantitative estimate of drug-likeness (QED) is 0.473. The van der Waals surface area contributed by atoms with Gasteiger partial charge in [-0.2, -0.15) is 0 Å². The zero-order valence-electron chi connectivity index (χ0n) is 11.3. The van der Waals surface area contributed by atoms with Crippen molar-refractivity contribution in [1.29, 1.82) is 0 Å². The van der Waals surface area contributed by atoms with E-state index in [4.69, 9.17) is 11.6 Å². The fourth-order valence-electron chi connectivity index (χ4n) is 2.40. The average molecular weight is 344 g/mol. The van der Waals surface area contributed by atoms with Crippen LogP contribution in [0.2, 0.25) is 5.02 Å². The van der Waals surface area contributed by atoms with Gasteiger partial charge < -0.3 is 5.32 Å². The number of amides is 1. The van der Waals surface area contributed by atoms with Crippen LogP contribution in [-0.2, 0) is 0 Å². The molecular weight excluding hydrogens is 334 g/mol. The summed E-state index contributed by atoms with van der Waals surface area (Å²) in [6, 6.07) is 15.9. The van der Waals surface area contributed by atoms with Gasteiger partial charge in [0.15, 0.2) is 0 Å². The molecule has 4 rings (SSSR count). The topological polar surface area (TPSA) is 29.1 Å². The number of thiophene rings is 2. The normalized spacial score (nSPS) is 11.1. The monoisotopic (exact) mass is 343 g/mol. The zero-order chi connectivity index (χ0) is 15.1. The Hall–Kier alpha value is -1.88. The minimum Gasteiger partial charge on any atom is -0.321 e. The fourth-order valence-corrected chi connectivity index (χ4v) is 4.91. The number of halogens is 1. The molecule has 22 heavy (non-hydrogen) atoms. The van der Waals surface area contributed by atoms with Crippen LogP contribution in [0.3, 0.4) is 0 Å². The Labute approximate surface area is 140 Å². The first-order valence-corrected chi connectivity index (χ1v) is 8.75. The SMILES string of the molecule is O=C(Nc1ccc2ccccc2c1)c1sc2sccc2c1Cl. The standard InChI is InChI=1S/C17H10ClNOS2/c18-14-13-7-8-21-17(13)22-15(14)16(20)19-12-6-5-10-3-1-2-4-11(10)9-12/h1-9H,(H,19,20). The summed E-state index contributed by atoms with van der Waals surface area (Å²) in [4.78, 5) is 13.0. The van der Waals surface area contributed by atoms with Crippen LogP contribution in [0.25, 0.3) is 20.2 Å². The molecule has 0 spiro atoms. The first-order valence-electron chi connectivity index (χ1n) is 6.68. The lowest BCUT2D eigenvalue weighted by Gasteiger charge is -2.06. The van der Waals surface area contributed by atoms with Crippen molar-refractivity contribution in [1.82, 2.24) is 0 Å². The van der Waals surface area contributed by atoms with Gasteiger partial charge in [0.1, 0.15) is 4.88 Å². The molecule has 1 amide bonds. The van der Waals surface area contributed by atoms with Crippen molar-refractivity contribution in [2.75, 3.05) is 5.32 Å². The predicted octanol–water partition coefficient (Wildman–Crippen LogP) is 6.02. The molecule has 5 heteroatoms. The summed E-state index contributed by atoms with van der Waals surface area (Å²) in [5.41, 5.74) is 0.775. The molecular formula is C17H10ClNOS2. The number of benzene rings is 2. The molecule has 0 aliphatic rings. The van der Waals surface area contributed by atoms with E-state index in [1.54, 1.807) is 11.3 Å². The largest absolute Gasteiger partial charge is 0.321 e. The van der Waals surface area contributed by atoms with E-state index in [9.17, 15) is 4.79 Å². The van der Waals surface area contributed by atoms with Crippen LogP contribution in [-0.4, -0.2) is 5.91 Å². The van der Waals surface area contributed by atoms with Crippen molar-refractivity contribution in [3.63, 3.8) is 0 Å². The summed E-state index contributed by atoms with van der Waals surface area (Å²) in [7, 11) is 0. The summed E-state index contributed by atoms with van der Waals surface area (Å²) in [6.07, 6.45) is 0. The van der Waals surface area contributed by atoms with Crippen molar-refractivity contribution in [2.45, 2.75) is 0 Å². The summed E-state index contributed by atoms with van der Waals surface area (Å²) in [5.74, 6) is -0.159. The fraction of sp³-hybridized carbons (Fsp3) is 0. The van der Waals surface area contributed by atoms with Crippen LogP contribution in [0.15, 0.2) is 53.9 Å². The minimum atomic E-state index is -0.159. The number of carbonyl (C=O) groups is 1. The van der Waals surface area contributed by atoms with Crippen LogP contribution in [0.1, 0.15) is 9.67 Å². The van der Waals surface area contributed by atoms with Gasteiger partial charge in [0.05, 0.1) is 9.04 Å². The Bertz CT molecular complexity index is 1000. The van der Waals surface area contributed by atoms with E-state index in [0.29, 0.717) is 9.90 Å². The highest BCUT2D eigenvalue weighted by molar-refractivity contribution is 7.38. The Balaban J connectivity index is 1.67. The van der Waals surface area contributed by atoms with E-state index in [1.807, 2.05) is 53.9 Å². The number of hydrogen-bond donors (Lipinski definition) is 1. The molecule has 0 saturated carbocycles. The average Bonchev–Trinajstić information content (AvgIpc) is 3.10. The molecule has 0 saturated heterocycles. The molecule has 2 heterocycles. The van der Waals surface area contributed by atoms with Crippen LogP contribution in [0.4, 0.5) is 5.69 Å². The van der Waals surface area contributed by atoms with Crippen LogP contribution in [0.5, 0.6) is 0 Å². The Morgan fingerprint density at radius 1 is 1.05 bits per heavy atom. The Morgan fingerprint density at radius 2 is 1.86 bits per heavy atom. The third-order valence-electron chi connectivity index (χ3n) is 3.47. The summed E-state index contributed by atoms with van der Waals surface area (Å²) < 4.78 is 1.08. The molecule has 2 nitrogen and oxygen atoms in total. The van der Waals surface area contributed by atoms with E-state index in [1.165, 1.54) is 11.3 Å². The molecule has 0 unspecified atom stereocenters. The molecule has 108 valence electrons. The van der Waals surface area contributed by atoms with Crippen molar-refractivity contribution in [3.05, 3.63) is 63.8 Å². The van der Waals surface area contributed by atoms with Gasteiger partial charge >= 0.3 is 0 Å². The predicted molar refractivity (Wildman–Crippen MR) is 96.6 cm³/mol. The van der Waals surface area contributed by atoms with Gasteiger partial charge in [-0.1, -0.05) is 41.9 Å². The highest BCUT2D eigenvalue weighted by atomic mass is 35.5. The summed E-state index contributed by atoms with van der Waals surface area (Å²) in [5, 5.41) is 8.66. The molecule has 1 N–H and O–H groups in total. The molecule has 0 radical (unpaired) electrons. The minimum absolute atomic E-state index is 0.159. The van der Waals surface area contributed by atoms with Crippen molar-refractivity contribution < 1.29 is 4.79 Å². The lowest BCUT2D eigenvalue weighted by Crippen LogP contribution is -2.10. The van der Waals surface area contributed by atoms with Crippen LogP contribution >= 0.6 is 34.3 Å². The van der Waals surface area contributed by atoms with E-state index in [-0.39, 0.29) is 5.91 Å². The first-order chi connectivity index (χ1) is 10.7. The lowest BCUT2D eigenvalue weighted by molar-refractivity contribution is 0.103. The van der Waals surface area contributed by atoms with Gasteiger partial charge in [-0.3, -0.25) is 4.79 Å². The maximum Gasteiger partial charge on any atom is 0.267 e. The third kappa shape index (κ3) is 2.29. The highest BCUT2D eigenvalue weighted by Gasteiger charge is 2.18. The number of fused-ring (bicyclic) bond motifs is 2. The smallest absolute Gasteiger partial charge is 0.267 e. The second-order valence-corrected chi connectivity index (χ2v) is 7.46. The van der Waals surface area contributed by atoms with Crippen LogP contribution < -0.4 is 5.32 Å². The molecule has 0 aliphatic carbocycles. The van der Waals surface area contributed by atoms with Gasteiger partial charge in [0, 0.05) is 11.1 Å². The van der Waals surface area contributed by atoms with E-state index >= 15 is 0 Å². The van der Waals surface area contributed by atoms with E-state index in [0.717, 1.165) is 25.9 Å². The second-order valence-electron chi connectivity index (χ2n) is 4.88. The maximum atomic E-state index is 12.5. The third-order valence-corrected chi connectivity index (χ3v) is 6.22.